The Balaban J connectivity index is 1.72. The molecule has 2 aromatic heterocycles. The Kier molecular flexibility index (Phi) is 5.03. The average Bonchev–Trinajstić information content (AvgIpc) is 3.23. The molecule has 1 aromatic carbocycles. The zero-order valence-electron chi connectivity index (χ0n) is 14.5. The molecule has 10 heteroatoms. The maximum absolute atomic E-state index is 12.3. The molecule has 0 aliphatic rings. The van der Waals surface area contributed by atoms with Crippen molar-refractivity contribution in [3.63, 3.8) is 0 Å². The summed E-state index contributed by atoms with van der Waals surface area (Å²) in [6, 6.07) is 7.07. The summed E-state index contributed by atoms with van der Waals surface area (Å²) in [5.74, 6) is 0.691. The predicted molar refractivity (Wildman–Crippen MR) is 91.0 cm³/mol. The molecule has 0 aliphatic heterocycles. The van der Waals surface area contributed by atoms with Gasteiger partial charge in [0.2, 0.25) is 17.6 Å². The number of hydrogen-bond acceptors (Lipinski definition) is 9. The van der Waals surface area contributed by atoms with Gasteiger partial charge in [0, 0.05) is 11.5 Å². The number of sulfone groups is 1. The highest BCUT2D eigenvalue weighted by Crippen LogP contribution is 2.22. The van der Waals surface area contributed by atoms with Crippen LogP contribution in [0.4, 0.5) is 0 Å². The van der Waals surface area contributed by atoms with Crippen LogP contribution in [0.15, 0.2) is 33.3 Å². The maximum Gasteiger partial charge on any atom is 0.242 e. The second-order valence-electron chi connectivity index (χ2n) is 5.98. The molecule has 0 saturated carbocycles. The first-order valence-electron chi connectivity index (χ1n) is 7.86. The van der Waals surface area contributed by atoms with E-state index in [2.05, 4.69) is 20.3 Å². The topological polar surface area (TPSA) is 121 Å². The highest BCUT2D eigenvalue weighted by atomic mass is 32.2. The van der Waals surface area contributed by atoms with Gasteiger partial charge in [0.25, 0.3) is 0 Å². The van der Waals surface area contributed by atoms with Crippen LogP contribution in [0.25, 0.3) is 11.4 Å². The van der Waals surface area contributed by atoms with E-state index in [1.807, 2.05) is 13.8 Å². The van der Waals surface area contributed by atoms with Crippen molar-refractivity contribution in [2.45, 2.75) is 31.3 Å². The Hall–Kier alpha value is -2.75. The Labute approximate surface area is 150 Å². The molecule has 3 rings (SSSR count). The van der Waals surface area contributed by atoms with Gasteiger partial charge in [-0.2, -0.15) is 9.97 Å². The van der Waals surface area contributed by atoms with Gasteiger partial charge in [-0.15, -0.1) is 0 Å². The van der Waals surface area contributed by atoms with E-state index in [1.54, 1.807) is 31.4 Å². The van der Waals surface area contributed by atoms with Crippen LogP contribution in [0.1, 0.15) is 37.4 Å². The minimum absolute atomic E-state index is 0.00426. The zero-order valence-corrected chi connectivity index (χ0v) is 15.4. The summed E-state index contributed by atoms with van der Waals surface area (Å²) in [7, 11) is -2.04. The quantitative estimate of drug-likeness (QED) is 0.609. The van der Waals surface area contributed by atoms with E-state index in [0.717, 1.165) is 0 Å². The van der Waals surface area contributed by atoms with Crippen LogP contribution in [0.5, 0.6) is 5.75 Å². The van der Waals surface area contributed by atoms with Gasteiger partial charge in [0.1, 0.15) is 17.3 Å². The van der Waals surface area contributed by atoms with E-state index in [9.17, 15) is 8.42 Å². The summed E-state index contributed by atoms with van der Waals surface area (Å²) in [5.41, 5.74) is 0.663. The number of methoxy groups -OCH3 is 1. The minimum atomic E-state index is -3.59. The van der Waals surface area contributed by atoms with Crippen LogP contribution in [0, 0.1) is 0 Å². The minimum Gasteiger partial charge on any atom is -0.497 e. The molecule has 0 bridgehead atoms. The Morgan fingerprint density at radius 1 is 1.12 bits per heavy atom. The van der Waals surface area contributed by atoms with Crippen LogP contribution in [0.2, 0.25) is 0 Å². The zero-order chi connectivity index (χ0) is 18.7. The van der Waals surface area contributed by atoms with Crippen molar-refractivity contribution < 1.29 is 22.2 Å². The molecule has 0 aliphatic carbocycles. The average molecular weight is 378 g/mol. The molecule has 0 amide bonds. The van der Waals surface area contributed by atoms with Crippen molar-refractivity contribution in [2.75, 3.05) is 7.11 Å². The van der Waals surface area contributed by atoms with Gasteiger partial charge in [0.15, 0.2) is 15.7 Å². The fourth-order valence-corrected chi connectivity index (χ4v) is 3.30. The molecule has 3 aromatic rings. The van der Waals surface area contributed by atoms with Crippen LogP contribution in [-0.2, 0) is 21.3 Å². The van der Waals surface area contributed by atoms with Crippen LogP contribution in [-0.4, -0.2) is 35.8 Å². The molecule has 0 atom stereocenters. The van der Waals surface area contributed by atoms with Crippen LogP contribution >= 0.6 is 0 Å². The molecule has 0 spiro atoms. The van der Waals surface area contributed by atoms with E-state index in [1.165, 1.54) is 0 Å². The number of ether oxygens (including phenoxy) is 1. The second kappa shape index (κ2) is 7.24. The van der Waals surface area contributed by atoms with E-state index in [-0.39, 0.29) is 29.2 Å². The third-order valence-corrected chi connectivity index (χ3v) is 4.85. The molecule has 0 fully saturated rings. The number of benzene rings is 1. The molecule has 0 saturated heterocycles. The van der Waals surface area contributed by atoms with E-state index >= 15 is 0 Å². The molecule has 138 valence electrons. The van der Waals surface area contributed by atoms with Gasteiger partial charge < -0.3 is 13.8 Å². The molecular formula is C16H18N4O5S. The number of nitrogens with zero attached hydrogens (tertiary/aromatic N) is 4. The molecule has 26 heavy (non-hydrogen) atoms. The van der Waals surface area contributed by atoms with E-state index in [0.29, 0.717) is 17.2 Å². The summed E-state index contributed by atoms with van der Waals surface area (Å²) in [6.07, 6.45) is 0. The normalized spacial score (nSPS) is 11.8. The summed E-state index contributed by atoms with van der Waals surface area (Å²) in [6.45, 7) is 3.76. The van der Waals surface area contributed by atoms with Crippen molar-refractivity contribution in [3.05, 3.63) is 41.9 Å². The lowest BCUT2D eigenvalue weighted by atomic mass is 10.2. The second-order valence-corrected chi connectivity index (χ2v) is 8.04. The SMILES string of the molecule is COc1cccc(-c2noc(CS(=O)(=O)Cc3noc(C(C)C)n3)n2)c1. The van der Waals surface area contributed by atoms with Crippen molar-refractivity contribution in [2.24, 2.45) is 0 Å². The lowest BCUT2D eigenvalue weighted by molar-refractivity contribution is 0.361. The third-order valence-electron chi connectivity index (χ3n) is 3.47. The Morgan fingerprint density at radius 3 is 2.62 bits per heavy atom. The van der Waals surface area contributed by atoms with Gasteiger partial charge >= 0.3 is 0 Å². The van der Waals surface area contributed by atoms with Crippen molar-refractivity contribution in [1.29, 1.82) is 0 Å². The summed E-state index contributed by atoms with van der Waals surface area (Å²) in [4.78, 5) is 8.21. The van der Waals surface area contributed by atoms with Crippen molar-refractivity contribution in [3.8, 4) is 17.1 Å². The fourth-order valence-electron chi connectivity index (χ4n) is 2.19. The summed E-state index contributed by atoms with van der Waals surface area (Å²) in [5, 5.41) is 7.51. The lowest BCUT2D eigenvalue weighted by Crippen LogP contribution is -2.09. The smallest absolute Gasteiger partial charge is 0.242 e. The first kappa shape index (κ1) is 18.1. The number of hydrogen-bond donors (Lipinski definition) is 0. The molecular weight excluding hydrogens is 360 g/mol. The van der Waals surface area contributed by atoms with Crippen molar-refractivity contribution >= 4 is 9.84 Å². The summed E-state index contributed by atoms with van der Waals surface area (Å²) >= 11 is 0. The number of rotatable bonds is 7. The monoisotopic (exact) mass is 378 g/mol. The third kappa shape index (κ3) is 4.26. The Morgan fingerprint density at radius 2 is 1.92 bits per heavy atom. The maximum atomic E-state index is 12.3. The first-order valence-corrected chi connectivity index (χ1v) is 9.68. The number of aromatic nitrogens is 4. The highest BCUT2D eigenvalue weighted by molar-refractivity contribution is 7.89. The van der Waals surface area contributed by atoms with Gasteiger partial charge in [0.05, 0.1) is 7.11 Å². The standard InChI is InChI=1S/C16H18N4O5S/c1-10(2)16-17-13(19-25-16)8-26(21,22)9-14-18-15(20-24-14)11-5-4-6-12(7-11)23-3/h4-7,10H,8-9H2,1-3H3. The largest absolute Gasteiger partial charge is 0.497 e. The van der Waals surface area contributed by atoms with E-state index in [4.69, 9.17) is 13.8 Å². The van der Waals surface area contributed by atoms with Gasteiger partial charge in [-0.05, 0) is 12.1 Å². The van der Waals surface area contributed by atoms with Gasteiger partial charge in [-0.1, -0.05) is 36.3 Å². The Bertz CT molecular complexity index is 994. The van der Waals surface area contributed by atoms with E-state index < -0.39 is 15.6 Å². The summed E-state index contributed by atoms with van der Waals surface area (Å²) < 4.78 is 39.9. The van der Waals surface area contributed by atoms with Crippen molar-refractivity contribution in [1.82, 2.24) is 20.3 Å². The molecule has 0 radical (unpaired) electrons. The highest BCUT2D eigenvalue weighted by Gasteiger charge is 2.22. The first-order chi connectivity index (χ1) is 12.4. The molecule has 0 unspecified atom stereocenters. The van der Waals surface area contributed by atoms with Gasteiger partial charge in [-0.3, -0.25) is 0 Å². The van der Waals surface area contributed by atoms with Gasteiger partial charge in [-0.25, -0.2) is 8.42 Å². The predicted octanol–water partition coefficient (Wildman–Crippen LogP) is 2.37. The van der Waals surface area contributed by atoms with Crippen LogP contribution in [0.3, 0.4) is 0 Å². The molecule has 0 N–H and O–H groups in total. The lowest BCUT2D eigenvalue weighted by Gasteiger charge is -2.00. The molecule has 2 heterocycles. The van der Waals surface area contributed by atoms with Crippen LogP contribution < -0.4 is 4.74 Å². The molecule has 9 nitrogen and oxygen atoms in total. The fraction of sp³-hybridized carbons (Fsp3) is 0.375.